The van der Waals surface area contributed by atoms with Crippen molar-refractivity contribution in [1.82, 2.24) is 5.32 Å². The number of amides is 1. The summed E-state index contributed by atoms with van der Waals surface area (Å²) < 4.78 is 0. The van der Waals surface area contributed by atoms with Crippen LogP contribution in [0.15, 0.2) is 48.5 Å². The van der Waals surface area contributed by atoms with Crippen LogP contribution in [0.2, 0.25) is 0 Å². The largest absolute Gasteiger partial charge is 0.356 e. The van der Waals surface area contributed by atoms with Crippen LogP contribution >= 0.6 is 0 Å². The normalized spacial score (nSPS) is 24.3. The van der Waals surface area contributed by atoms with Gasteiger partial charge in [0.2, 0.25) is 5.91 Å². The van der Waals surface area contributed by atoms with Gasteiger partial charge < -0.3 is 5.32 Å². The molecule has 0 saturated carbocycles. The summed E-state index contributed by atoms with van der Waals surface area (Å²) in [5.41, 5.74) is 5.93. The van der Waals surface area contributed by atoms with Crippen molar-refractivity contribution in [2.45, 2.75) is 44.9 Å². The summed E-state index contributed by atoms with van der Waals surface area (Å²) in [5.74, 6) is 1.72. The Morgan fingerprint density at radius 2 is 1.60 bits per heavy atom. The molecule has 0 unspecified atom stereocenters. The minimum absolute atomic E-state index is 0.116. The number of fused-ring (bicyclic) bond motifs is 1. The summed E-state index contributed by atoms with van der Waals surface area (Å²) in [5, 5.41) is 3.24. The SMILES string of the molecule is CCC[C@@H](C)C(=O)NC[C@H]1CC2c3ccccc3C1c1ccccc12. The summed E-state index contributed by atoms with van der Waals surface area (Å²) in [6, 6.07) is 17.8. The fraction of sp³-hybridized carbons (Fsp3) is 0.435. The lowest BCUT2D eigenvalue weighted by molar-refractivity contribution is -0.124. The summed E-state index contributed by atoms with van der Waals surface area (Å²) in [6.45, 7) is 4.96. The second kappa shape index (κ2) is 6.67. The van der Waals surface area contributed by atoms with Crippen molar-refractivity contribution in [3.8, 4) is 0 Å². The minimum Gasteiger partial charge on any atom is -0.356 e. The van der Waals surface area contributed by atoms with Crippen LogP contribution in [-0.4, -0.2) is 12.5 Å². The second-order valence-electron chi connectivity index (χ2n) is 7.72. The predicted octanol–water partition coefficient (Wildman–Crippen LogP) is 4.84. The van der Waals surface area contributed by atoms with E-state index < -0.39 is 0 Å². The van der Waals surface area contributed by atoms with Crippen LogP contribution in [0.1, 0.15) is 67.2 Å². The molecule has 3 aliphatic carbocycles. The topological polar surface area (TPSA) is 29.1 Å². The highest BCUT2D eigenvalue weighted by molar-refractivity contribution is 5.78. The quantitative estimate of drug-likeness (QED) is 0.834. The van der Waals surface area contributed by atoms with Crippen LogP contribution in [0.4, 0.5) is 0 Å². The van der Waals surface area contributed by atoms with Crippen LogP contribution in [0.5, 0.6) is 0 Å². The Hall–Kier alpha value is -2.09. The highest BCUT2D eigenvalue weighted by Gasteiger charge is 2.42. The first kappa shape index (κ1) is 16.4. The lowest BCUT2D eigenvalue weighted by Gasteiger charge is -2.45. The van der Waals surface area contributed by atoms with Gasteiger partial charge in [0.25, 0.3) is 0 Å². The molecule has 2 aromatic rings. The van der Waals surface area contributed by atoms with Gasteiger partial charge in [-0.1, -0.05) is 68.8 Å². The van der Waals surface area contributed by atoms with Gasteiger partial charge in [-0.05, 0) is 41.0 Å². The molecule has 2 heteroatoms. The van der Waals surface area contributed by atoms with E-state index in [0.717, 1.165) is 25.8 Å². The number of carbonyl (C=O) groups is 1. The number of rotatable bonds is 5. The van der Waals surface area contributed by atoms with E-state index in [0.29, 0.717) is 17.8 Å². The molecule has 1 N–H and O–H groups in total. The maximum Gasteiger partial charge on any atom is 0.222 e. The Kier molecular flexibility index (Phi) is 4.37. The molecule has 2 atom stereocenters. The first-order valence-electron chi connectivity index (χ1n) is 9.66. The Bertz CT molecular complexity index is 734. The molecular formula is C23H27NO. The zero-order valence-corrected chi connectivity index (χ0v) is 15.2. The molecule has 0 aromatic heterocycles. The fourth-order valence-corrected chi connectivity index (χ4v) is 4.93. The van der Waals surface area contributed by atoms with Gasteiger partial charge in [-0.3, -0.25) is 4.79 Å². The van der Waals surface area contributed by atoms with Crippen LogP contribution in [0.3, 0.4) is 0 Å². The first-order chi connectivity index (χ1) is 12.2. The van der Waals surface area contributed by atoms with Gasteiger partial charge in [0, 0.05) is 24.3 Å². The van der Waals surface area contributed by atoms with E-state index in [4.69, 9.17) is 0 Å². The molecule has 25 heavy (non-hydrogen) atoms. The van der Waals surface area contributed by atoms with E-state index in [1.807, 2.05) is 6.92 Å². The Morgan fingerprint density at radius 1 is 1.04 bits per heavy atom. The summed E-state index contributed by atoms with van der Waals surface area (Å²) in [4.78, 5) is 12.4. The van der Waals surface area contributed by atoms with Gasteiger partial charge in [0.1, 0.15) is 0 Å². The third-order valence-corrected chi connectivity index (χ3v) is 6.13. The van der Waals surface area contributed by atoms with Crippen LogP contribution in [0.25, 0.3) is 0 Å². The molecule has 0 fully saturated rings. The third kappa shape index (κ3) is 2.78. The Balaban J connectivity index is 1.60. The molecule has 5 rings (SSSR count). The highest BCUT2D eigenvalue weighted by atomic mass is 16.1. The first-order valence-corrected chi connectivity index (χ1v) is 9.66. The summed E-state index contributed by atoms with van der Waals surface area (Å²) >= 11 is 0. The molecule has 0 heterocycles. The van der Waals surface area contributed by atoms with E-state index in [-0.39, 0.29) is 11.8 Å². The molecule has 3 aliphatic rings. The molecule has 2 bridgehead atoms. The molecule has 0 spiro atoms. The standard InChI is InChI=1S/C23H27NO/c1-3-8-15(2)23(25)24-14-16-13-21-17-9-4-6-11-19(17)22(16)20-12-7-5-10-18(20)21/h4-7,9-12,15-16,21-22H,3,8,13-14H2,1-2H3,(H,24,25)/t15-,16-,21?,22?/m1/s1. The summed E-state index contributed by atoms with van der Waals surface area (Å²) in [7, 11) is 0. The zero-order chi connectivity index (χ0) is 17.4. The van der Waals surface area contributed by atoms with Crippen molar-refractivity contribution < 1.29 is 4.79 Å². The van der Waals surface area contributed by atoms with Gasteiger partial charge in [0.05, 0.1) is 0 Å². The van der Waals surface area contributed by atoms with E-state index in [1.165, 1.54) is 22.3 Å². The number of carbonyl (C=O) groups excluding carboxylic acids is 1. The average Bonchev–Trinajstić information content (AvgIpc) is 2.66. The number of hydrogen-bond donors (Lipinski definition) is 1. The van der Waals surface area contributed by atoms with Gasteiger partial charge in [-0.25, -0.2) is 0 Å². The maximum absolute atomic E-state index is 12.4. The summed E-state index contributed by atoms with van der Waals surface area (Å²) in [6.07, 6.45) is 3.17. The van der Waals surface area contributed by atoms with E-state index in [1.54, 1.807) is 0 Å². The fourth-order valence-electron chi connectivity index (χ4n) is 4.93. The monoisotopic (exact) mass is 333 g/mol. The van der Waals surface area contributed by atoms with Gasteiger partial charge >= 0.3 is 0 Å². The molecule has 0 radical (unpaired) electrons. The Labute approximate surface area is 150 Å². The van der Waals surface area contributed by atoms with E-state index in [2.05, 4.69) is 60.8 Å². The molecular weight excluding hydrogens is 306 g/mol. The minimum atomic E-state index is 0.116. The van der Waals surface area contributed by atoms with Gasteiger partial charge in [-0.2, -0.15) is 0 Å². The average molecular weight is 333 g/mol. The van der Waals surface area contributed by atoms with E-state index in [9.17, 15) is 4.79 Å². The second-order valence-corrected chi connectivity index (χ2v) is 7.72. The lowest BCUT2D eigenvalue weighted by Crippen LogP contribution is -2.40. The predicted molar refractivity (Wildman–Crippen MR) is 102 cm³/mol. The van der Waals surface area contributed by atoms with Gasteiger partial charge in [0.15, 0.2) is 0 Å². The Morgan fingerprint density at radius 3 is 2.16 bits per heavy atom. The van der Waals surface area contributed by atoms with Gasteiger partial charge in [-0.15, -0.1) is 0 Å². The molecule has 0 saturated heterocycles. The molecule has 130 valence electrons. The smallest absolute Gasteiger partial charge is 0.222 e. The van der Waals surface area contributed by atoms with Crippen molar-refractivity contribution in [1.29, 1.82) is 0 Å². The van der Waals surface area contributed by atoms with Crippen LogP contribution in [0, 0.1) is 11.8 Å². The van der Waals surface area contributed by atoms with Crippen LogP contribution < -0.4 is 5.32 Å². The van der Waals surface area contributed by atoms with Crippen molar-refractivity contribution in [3.05, 3.63) is 70.8 Å². The highest BCUT2D eigenvalue weighted by Crippen LogP contribution is 2.55. The van der Waals surface area contributed by atoms with Crippen molar-refractivity contribution >= 4 is 5.91 Å². The molecule has 2 aromatic carbocycles. The third-order valence-electron chi connectivity index (χ3n) is 6.13. The molecule has 0 aliphatic heterocycles. The lowest BCUT2D eigenvalue weighted by atomic mass is 9.59. The van der Waals surface area contributed by atoms with Crippen molar-refractivity contribution in [3.63, 3.8) is 0 Å². The van der Waals surface area contributed by atoms with Crippen molar-refractivity contribution in [2.24, 2.45) is 11.8 Å². The molecule has 1 amide bonds. The number of nitrogens with one attached hydrogen (secondary N) is 1. The van der Waals surface area contributed by atoms with E-state index >= 15 is 0 Å². The van der Waals surface area contributed by atoms with Crippen LogP contribution in [-0.2, 0) is 4.79 Å². The molecule has 2 nitrogen and oxygen atoms in total. The van der Waals surface area contributed by atoms with Crippen molar-refractivity contribution in [2.75, 3.05) is 6.54 Å². The number of hydrogen-bond acceptors (Lipinski definition) is 1. The maximum atomic E-state index is 12.4. The number of benzene rings is 2. The zero-order valence-electron chi connectivity index (χ0n) is 15.2.